The molecule has 38 heavy (non-hydrogen) atoms. The molecule has 4 atom stereocenters. The number of rotatable bonds is 18. The van der Waals surface area contributed by atoms with E-state index in [9.17, 15) is 0 Å². The molecule has 1 heterocycles. The quantitative estimate of drug-likeness (QED) is 0.0938. The molecule has 0 aromatic carbocycles. The van der Waals surface area contributed by atoms with E-state index in [1.54, 1.807) is 0 Å². The molecule has 224 valence electrons. The van der Waals surface area contributed by atoms with Crippen LogP contribution in [-0.2, 0) is 13.6 Å². The van der Waals surface area contributed by atoms with Gasteiger partial charge in [-0.3, -0.25) is 0 Å². The molecule has 1 saturated heterocycles. The van der Waals surface area contributed by atoms with Gasteiger partial charge in [0.1, 0.15) is 0 Å². The molecule has 3 nitrogen and oxygen atoms in total. The number of hydrogen-bond acceptors (Lipinski definition) is 3. The van der Waals surface area contributed by atoms with E-state index < -0.39 is 16.6 Å². The molecule has 0 bridgehead atoms. The zero-order valence-corrected chi connectivity index (χ0v) is 29.5. The van der Waals surface area contributed by atoms with Crippen LogP contribution in [0.1, 0.15) is 138 Å². The Bertz CT molecular complexity index is 684. The van der Waals surface area contributed by atoms with Gasteiger partial charge >= 0.3 is 0 Å². The van der Waals surface area contributed by atoms with Crippen molar-refractivity contribution in [2.45, 2.75) is 199 Å². The van der Waals surface area contributed by atoms with Crippen LogP contribution in [-0.4, -0.2) is 41.1 Å². The van der Waals surface area contributed by atoms with Crippen LogP contribution in [0.2, 0.25) is 36.3 Å². The van der Waals surface area contributed by atoms with Crippen LogP contribution < -0.4 is 0 Å². The normalized spacial score (nSPS) is 20.9. The third kappa shape index (κ3) is 12.2. The molecule has 1 rings (SSSR count). The molecule has 0 aromatic rings. The van der Waals surface area contributed by atoms with Gasteiger partial charge in [0.15, 0.2) is 16.6 Å². The number of ether oxygens (including phenoxy) is 1. The van der Waals surface area contributed by atoms with Gasteiger partial charge < -0.3 is 13.6 Å². The molecule has 5 heteroatoms. The second-order valence-corrected chi connectivity index (χ2v) is 24.5. The molecule has 0 aromatic heterocycles. The minimum atomic E-state index is -1.93. The van der Waals surface area contributed by atoms with Crippen molar-refractivity contribution in [1.82, 2.24) is 0 Å². The van der Waals surface area contributed by atoms with E-state index in [0.29, 0.717) is 6.42 Å². The highest BCUT2D eigenvalue weighted by molar-refractivity contribution is 6.74. The minimum Gasteiger partial charge on any atom is -0.411 e. The zero-order valence-electron chi connectivity index (χ0n) is 27.5. The predicted octanol–water partition coefficient (Wildman–Crippen LogP) is 10.6. The van der Waals surface area contributed by atoms with Crippen LogP contribution in [0.25, 0.3) is 0 Å². The van der Waals surface area contributed by atoms with Gasteiger partial charge in [0.2, 0.25) is 0 Å². The first-order chi connectivity index (χ1) is 17.6. The molecule has 0 spiro atoms. The van der Waals surface area contributed by atoms with Gasteiger partial charge in [0.05, 0.1) is 24.4 Å². The van der Waals surface area contributed by atoms with Crippen molar-refractivity contribution in [3.05, 3.63) is 0 Å². The number of terminal acetylenes is 1. The molecule has 0 amide bonds. The second-order valence-electron chi connectivity index (χ2n) is 15.0. The lowest BCUT2D eigenvalue weighted by Crippen LogP contribution is -2.48. The maximum atomic E-state index is 7.05. The second kappa shape index (κ2) is 16.3. The first-order valence-corrected chi connectivity index (χ1v) is 21.8. The largest absolute Gasteiger partial charge is 0.411 e. The van der Waals surface area contributed by atoms with Crippen LogP contribution in [0.4, 0.5) is 0 Å². The third-order valence-corrected chi connectivity index (χ3v) is 18.6. The Morgan fingerprint density at radius 3 is 1.53 bits per heavy atom. The maximum Gasteiger partial charge on any atom is 0.192 e. The maximum absolute atomic E-state index is 7.05. The Morgan fingerprint density at radius 2 is 1.11 bits per heavy atom. The Morgan fingerprint density at radius 1 is 0.711 bits per heavy atom. The van der Waals surface area contributed by atoms with Gasteiger partial charge in [0, 0.05) is 6.42 Å². The van der Waals surface area contributed by atoms with Gasteiger partial charge in [0.25, 0.3) is 0 Å². The Kier molecular flexibility index (Phi) is 15.4. The van der Waals surface area contributed by atoms with E-state index in [1.165, 1.54) is 64.2 Å². The van der Waals surface area contributed by atoms with Gasteiger partial charge in [-0.2, -0.15) is 0 Å². The number of hydrogen-bond donors (Lipinski definition) is 0. The average molecular weight is 567 g/mol. The summed E-state index contributed by atoms with van der Waals surface area (Å²) in [6.45, 7) is 25.6. The van der Waals surface area contributed by atoms with Crippen molar-refractivity contribution in [2.24, 2.45) is 0 Å². The standard InChI is InChI=1S/C33H66O3Si2/c1-13-15-16-17-18-19-20-21-22-23-25-31(36-38(11,12)33(6,7)8)29-27-26-28(34-29)30(24-14-2)35-37(9,10)32(3,4)5/h2,28-31H,13,15-27H2,1,3-12H3/t28-,29-,30-,31-/m1/s1. The van der Waals surface area contributed by atoms with Gasteiger partial charge in [-0.1, -0.05) is 113 Å². The van der Waals surface area contributed by atoms with Crippen molar-refractivity contribution >= 4 is 16.6 Å². The topological polar surface area (TPSA) is 27.7 Å². The Hall–Kier alpha value is -0.126. The summed E-state index contributed by atoms with van der Waals surface area (Å²) in [6, 6.07) is 0. The van der Waals surface area contributed by atoms with E-state index >= 15 is 0 Å². The van der Waals surface area contributed by atoms with Gasteiger partial charge in [-0.05, 0) is 55.5 Å². The monoisotopic (exact) mass is 566 g/mol. The summed E-state index contributed by atoms with van der Waals surface area (Å²) in [5.74, 6) is 2.89. The lowest BCUT2D eigenvalue weighted by atomic mass is 10.0. The minimum absolute atomic E-state index is 0.0169. The first-order valence-electron chi connectivity index (χ1n) is 16.0. The van der Waals surface area contributed by atoms with Crippen LogP contribution in [0, 0.1) is 12.3 Å². The van der Waals surface area contributed by atoms with Crippen LogP contribution in [0.5, 0.6) is 0 Å². The lowest BCUT2D eigenvalue weighted by Gasteiger charge is -2.42. The Labute approximate surface area is 241 Å². The highest BCUT2D eigenvalue weighted by atomic mass is 28.4. The molecule has 1 fully saturated rings. The molecule has 0 aliphatic carbocycles. The third-order valence-electron chi connectivity index (χ3n) is 9.58. The summed E-state index contributed by atoms with van der Waals surface area (Å²) < 4.78 is 20.7. The molecule has 0 N–H and O–H groups in total. The molecule has 1 aliphatic rings. The highest BCUT2D eigenvalue weighted by Gasteiger charge is 2.45. The van der Waals surface area contributed by atoms with E-state index in [4.69, 9.17) is 20.0 Å². The smallest absolute Gasteiger partial charge is 0.192 e. The predicted molar refractivity (Wildman–Crippen MR) is 172 cm³/mol. The summed E-state index contributed by atoms with van der Waals surface area (Å²) >= 11 is 0. The van der Waals surface area contributed by atoms with Gasteiger partial charge in [-0.15, -0.1) is 12.3 Å². The summed E-state index contributed by atoms with van der Waals surface area (Å²) in [5, 5.41) is 0.347. The summed E-state index contributed by atoms with van der Waals surface area (Å²) in [4.78, 5) is 0. The first kappa shape index (κ1) is 35.9. The van der Waals surface area contributed by atoms with Crippen LogP contribution >= 0.6 is 0 Å². The fraction of sp³-hybridized carbons (Fsp3) is 0.939. The van der Waals surface area contributed by atoms with Crippen molar-refractivity contribution in [3.63, 3.8) is 0 Å². The van der Waals surface area contributed by atoms with Crippen LogP contribution in [0.3, 0.4) is 0 Å². The van der Waals surface area contributed by atoms with Crippen molar-refractivity contribution in [3.8, 4) is 12.3 Å². The van der Waals surface area contributed by atoms with Crippen LogP contribution in [0.15, 0.2) is 0 Å². The summed E-state index contributed by atoms with van der Waals surface area (Å²) in [5.41, 5.74) is 0. The lowest BCUT2D eigenvalue weighted by molar-refractivity contribution is -0.0682. The zero-order chi connectivity index (χ0) is 29.0. The molecular weight excluding hydrogens is 501 g/mol. The molecule has 0 radical (unpaired) electrons. The average Bonchev–Trinajstić information content (AvgIpc) is 3.28. The molecule has 0 saturated carbocycles. The fourth-order valence-corrected chi connectivity index (χ4v) is 7.59. The van der Waals surface area contributed by atoms with E-state index in [-0.39, 0.29) is 34.5 Å². The SMILES string of the molecule is C#CC[C@@H](O[Si](C)(C)C(C)(C)C)[C@H]1CC[C@H]([C@@H](CCCCCCCCCCCC)O[Si](C)(C)C(C)(C)C)O1. The Balaban J connectivity index is 2.76. The van der Waals surface area contributed by atoms with Crippen molar-refractivity contribution in [2.75, 3.05) is 0 Å². The molecular formula is C33H66O3Si2. The molecule has 1 aliphatic heterocycles. The van der Waals surface area contributed by atoms with E-state index in [2.05, 4.69) is 80.6 Å². The van der Waals surface area contributed by atoms with E-state index in [0.717, 1.165) is 19.3 Å². The summed E-state index contributed by atoms with van der Waals surface area (Å²) in [6.07, 6.45) is 23.6. The van der Waals surface area contributed by atoms with E-state index in [1.807, 2.05) is 0 Å². The highest BCUT2D eigenvalue weighted by Crippen LogP contribution is 2.42. The van der Waals surface area contributed by atoms with Crippen molar-refractivity contribution in [1.29, 1.82) is 0 Å². The molecule has 0 unspecified atom stereocenters. The van der Waals surface area contributed by atoms with Crippen molar-refractivity contribution < 1.29 is 13.6 Å². The summed E-state index contributed by atoms with van der Waals surface area (Å²) in [7, 11) is -3.83. The number of unbranched alkanes of at least 4 members (excludes halogenated alkanes) is 9. The fourth-order valence-electron chi connectivity index (χ4n) is 4.87. The van der Waals surface area contributed by atoms with Gasteiger partial charge in [-0.25, -0.2) is 0 Å².